The first-order valence-corrected chi connectivity index (χ1v) is 8.98. The molecule has 0 saturated carbocycles. The number of hydrogen-bond acceptors (Lipinski definition) is 2. The Hall–Kier alpha value is -0.190. The van der Waals surface area contributed by atoms with Crippen LogP contribution in [0.1, 0.15) is 25.1 Å². The fourth-order valence-corrected chi connectivity index (χ4v) is 4.46. The highest BCUT2D eigenvalue weighted by Gasteiger charge is 2.18. The summed E-state index contributed by atoms with van der Waals surface area (Å²) in [4.78, 5) is 4.65. The SMILES string of the molecule is ClCc1nc2cc(Br)ccc2n1CC1CCCCS1. The number of alkyl halides is 1. The summed E-state index contributed by atoms with van der Waals surface area (Å²) in [6.45, 7) is 1.03. The first kappa shape index (κ1) is 13.8. The number of halogens is 2. The Kier molecular flexibility index (Phi) is 4.40. The van der Waals surface area contributed by atoms with Crippen molar-refractivity contribution < 1.29 is 0 Å². The fraction of sp³-hybridized carbons (Fsp3) is 0.500. The quantitative estimate of drug-likeness (QED) is 0.731. The number of fused-ring (bicyclic) bond motifs is 1. The number of benzene rings is 1. The summed E-state index contributed by atoms with van der Waals surface area (Å²) < 4.78 is 3.37. The number of rotatable bonds is 3. The van der Waals surface area contributed by atoms with Gasteiger partial charge in [-0.3, -0.25) is 0 Å². The van der Waals surface area contributed by atoms with E-state index in [4.69, 9.17) is 11.6 Å². The minimum absolute atomic E-state index is 0.476. The van der Waals surface area contributed by atoms with Gasteiger partial charge in [0.15, 0.2) is 0 Å². The van der Waals surface area contributed by atoms with Crippen LogP contribution in [-0.4, -0.2) is 20.6 Å². The van der Waals surface area contributed by atoms with Crippen molar-refractivity contribution in [3.63, 3.8) is 0 Å². The van der Waals surface area contributed by atoms with Crippen molar-refractivity contribution in [2.24, 2.45) is 0 Å². The molecule has 1 unspecified atom stereocenters. The van der Waals surface area contributed by atoms with Crippen LogP contribution in [0.3, 0.4) is 0 Å². The van der Waals surface area contributed by atoms with Crippen LogP contribution in [0, 0.1) is 0 Å². The molecule has 1 saturated heterocycles. The third-order valence-corrected chi connectivity index (χ3v) is 5.68. The number of nitrogens with zero attached hydrogens (tertiary/aromatic N) is 2. The van der Waals surface area contributed by atoms with Gasteiger partial charge in [0, 0.05) is 16.3 Å². The zero-order valence-electron chi connectivity index (χ0n) is 10.6. The van der Waals surface area contributed by atoms with E-state index in [0.29, 0.717) is 11.1 Å². The third-order valence-electron chi connectivity index (χ3n) is 3.57. The van der Waals surface area contributed by atoms with E-state index in [2.05, 4.69) is 55.4 Å². The van der Waals surface area contributed by atoms with Crippen molar-refractivity contribution in [2.45, 2.75) is 36.9 Å². The molecule has 2 aromatic rings. The van der Waals surface area contributed by atoms with Crippen LogP contribution < -0.4 is 0 Å². The third kappa shape index (κ3) is 2.96. The molecule has 0 bridgehead atoms. The maximum absolute atomic E-state index is 6.06. The molecule has 2 heterocycles. The molecule has 1 aliphatic rings. The number of hydrogen-bond donors (Lipinski definition) is 0. The monoisotopic (exact) mass is 358 g/mol. The van der Waals surface area contributed by atoms with E-state index < -0.39 is 0 Å². The first-order valence-electron chi connectivity index (χ1n) is 6.60. The molecule has 19 heavy (non-hydrogen) atoms. The average Bonchev–Trinajstić information content (AvgIpc) is 2.77. The van der Waals surface area contributed by atoms with Crippen LogP contribution in [0.25, 0.3) is 11.0 Å². The van der Waals surface area contributed by atoms with Gasteiger partial charge in [0.25, 0.3) is 0 Å². The van der Waals surface area contributed by atoms with Crippen molar-refractivity contribution >= 4 is 50.3 Å². The summed E-state index contributed by atoms with van der Waals surface area (Å²) in [6.07, 6.45) is 4.02. The van der Waals surface area contributed by atoms with Crippen molar-refractivity contribution in [2.75, 3.05) is 5.75 Å². The highest BCUT2D eigenvalue weighted by atomic mass is 79.9. The summed E-state index contributed by atoms with van der Waals surface area (Å²) >= 11 is 11.7. The molecule has 1 aromatic heterocycles. The second-order valence-electron chi connectivity index (χ2n) is 4.89. The van der Waals surface area contributed by atoms with E-state index in [-0.39, 0.29) is 0 Å². The van der Waals surface area contributed by atoms with E-state index in [1.54, 1.807) is 0 Å². The van der Waals surface area contributed by atoms with Crippen LogP contribution in [0.2, 0.25) is 0 Å². The molecule has 0 radical (unpaired) electrons. The van der Waals surface area contributed by atoms with Gasteiger partial charge < -0.3 is 4.57 Å². The minimum Gasteiger partial charge on any atom is -0.326 e. The normalized spacial score (nSPS) is 20.0. The Morgan fingerprint density at radius 3 is 3.05 bits per heavy atom. The van der Waals surface area contributed by atoms with E-state index in [0.717, 1.165) is 22.4 Å². The molecule has 1 fully saturated rings. The lowest BCUT2D eigenvalue weighted by Crippen LogP contribution is -2.18. The maximum Gasteiger partial charge on any atom is 0.124 e. The molecule has 1 atom stereocenters. The molecule has 1 aliphatic heterocycles. The van der Waals surface area contributed by atoms with E-state index in [1.807, 2.05) is 0 Å². The lowest BCUT2D eigenvalue weighted by Gasteiger charge is -2.22. The zero-order valence-corrected chi connectivity index (χ0v) is 13.8. The lowest BCUT2D eigenvalue weighted by molar-refractivity contribution is 0.582. The van der Waals surface area contributed by atoms with Crippen LogP contribution in [0.15, 0.2) is 22.7 Å². The number of aromatic nitrogens is 2. The van der Waals surface area contributed by atoms with Gasteiger partial charge in [-0.05, 0) is 36.8 Å². The van der Waals surface area contributed by atoms with E-state index in [9.17, 15) is 0 Å². The molecule has 2 nitrogen and oxygen atoms in total. The van der Waals surface area contributed by atoms with E-state index >= 15 is 0 Å². The van der Waals surface area contributed by atoms with Crippen LogP contribution in [0.5, 0.6) is 0 Å². The molecule has 3 rings (SSSR count). The predicted octanol–water partition coefficient (Wildman–Crippen LogP) is 4.82. The second-order valence-corrected chi connectivity index (χ2v) is 7.49. The Bertz CT molecular complexity index is 578. The summed E-state index contributed by atoms with van der Waals surface area (Å²) in [5, 5.41) is 0.705. The smallest absolute Gasteiger partial charge is 0.124 e. The Morgan fingerprint density at radius 1 is 1.42 bits per heavy atom. The summed E-state index contributed by atoms with van der Waals surface area (Å²) in [6, 6.07) is 6.28. The maximum atomic E-state index is 6.06. The van der Waals surface area contributed by atoms with Gasteiger partial charge in [-0.15, -0.1) is 11.6 Å². The fourth-order valence-electron chi connectivity index (χ4n) is 2.61. The first-order chi connectivity index (χ1) is 9.28. The molecule has 102 valence electrons. The van der Waals surface area contributed by atoms with Gasteiger partial charge in [-0.25, -0.2) is 4.98 Å². The molecule has 5 heteroatoms. The zero-order chi connectivity index (χ0) is 13.2. The number of imidazole rings is 1. The molecule has 0 spiro atoms. The van der Waals surface area contributed by atoms with Crippen molar-refractivity contribution in [1.82, 2.24) is 9.55 Å². The minimum atomic E-state index is 0.476. The van der Waals surface area contributed by atoms with Crippen LogP contribution >= 0.6 is 39.3 Å². The molecule has 0 aliphatic carbocycles. The van der Waals surface area contributed by atoms with Gasteiger partial charge in [0.1, 0.15) is 5.82 Å². The highest BCUT2D eigenvalue weighted by Crippen LogP contribution is 2.29. The van der Waals surface area contributed by atoms with Gasteiger partial charge in [0.05, 0.1) is 16.9 Å². The topological polar surface area (TPSA) is 17.8 Å². The van der Waals surface area contributed by atoms with Crippen LogP contribution in [0.4, 0.5) is 0 Å². The molecular weight excluding hydrogens is 344 g/mol. The van der Waals surface area contributed by atoms with Gasteiger partial charge in [0.2, 0.25) is 0 Å². The lowest BCUT2D eigenvalue weighted by atomic mass is 10.2. The highest BCUT2D eigenvalue weighted by molar-refractivity contribution is 9.10. The summed E-state index contributed by atoms with van der Waals surface area (Å²) in [5.41, 5.74) is 2.23. The molecular formula is C14H16BrClN2S. The summed E-state index contributed by atoms with van der Waals surface area (Å²) in [5.74, 6) is 2.75. The number of thioether (sulfide) groups is 1. The standard InChI is InChI=1S/C14H16BrClN2S/c15-10-4-5-13-12(7-10)17-14(8-16)18(13)9-11-3-1-2-6-19-11/h4-5,7,11H,1-3,6,8-9H2. The van der Waals surface area contributed by atoms with E-state index in [1.165, 1.54) is 30.5 Å². The second kappa shape index (κ2) is 6.06. The van der Waals surface area contributed by atoms with Gasteiger partial charge in [-0.1, -0.05) is 22.4 Å². The molecule has 1 aromatic carbocycles. The molecule has 0 amide bonds. The summed E-state index contributed by atoms with van der Waals surface area (Å²) in [7, 11) is 0. The van der Waals surface area contributed by atoms with Crippen molar-refractivity contribution in [3.8, 4) is 0 Å². The van der Waals surface area contributed by atoms with Crippen molar-refractivity contribution in [3.05, 3.63) is 28.5 Å². The van der Waals surface area contributed by atoms with Crippen molar-refractivity contribution in [1.29, 1.82) is 0 Å². The Morgan fingerprint density at radius 2 is 2.32 bits per heavy atom. The average molecular weight is 360 g/mol. The van der Waals surface area contributed by atoms with Crippen LogP contribution in [-0.2, 0) is 12.4 Å². The largest absolute Gasteiger partial charge is 0.326 e. The molecule has 0 N–H and O–H groups in total. The Labute approximate surface area is 131 Å². The Balaban J connectivity index is 1.95. The predicted molar refractivity (Wildman–Crippen MR) is 87.1 cm³/mol. The van der Waals surface area contributed by atoms with Gasteiger partial charge >= 0.3 is 0 Å². The van der Waals surface area contributed by atoms with Gasteiger partial charge in [-0.2, -0.15) is 11.8 Å².